The fourth-order valence-electron chi connectivity index (χ4n) is 2.08. The van der Waals surface area contributed by atoms with E-state index in [1.807, 2.05) is 0 Å². The summed E-state index contributed by atoms with van der Waals surface area (Å²) in [5, 5.41) is 0. The number of nitrogens with zero attached hydrogens (tertiary/aromatic N) is 2. The summed E-state index contributed by atoms with van der Waals surface area (Å²) < 4.78 is 0. The van der Waals surface area contributed by atoms with Crippen molar-refractivity contribution in [3.05, 3.63) is 0 Å². The van der Waals surface area contributed by atoms with E-state index in [2.05, 4.69) is 24.0 Å². The Kier molecular flexibility index (Phi) is 2.52. The van der Waals surface area contributed by atoms with E-state index in [4.69, 9.17) is 5.73 Å². The van der Waals surface area contributed by atoms with Crippen molar-refractivity contribution in [3.63, 3.8) is 0 Å². The molecule has 3 heteroatoms. The number of amidine groups is 1. The molecule has 0 radical (unpaired) electrons. The highest BCUT2D eigenvalue weighted by atomic mass is 15.2. The molecule has 0 aromatic rings. The summed E-state index contributed by atoms with van der Waals surface area (Å²) in [6, 6.07) is 0. The Morgan fingerprint density at radius 1 is 1.43 bits per heavy atom. The average Bonchev–Trinajstić information content (AvgIpc) is 2.82. The molecule has 0 aromatic heterocycles. The van der Waals surface area contributed by atoms with E-state index < -0.39 is 0 Å². The molecule has 0 spiro atoms. The van der Waals surface area contributed by atoms with Gasteiger partial charge < -0.3 is 10.6 Å². The van der Waals surface area contributed by atoms with Crippen molar-refractivity contribution in [2.24, 2.45) is 16.6 Å². The molecule has 0 bridgehead atoms. The van der Waals surface area contributed by atoms with Gasteiger partial charge >= 0.3 is 0 Å². The lowest BCUT2D eigenvalue weighted by atomic mass is 9.76. The third-order valence-corrected chi connectivity index (χ3v) is 3.78. The molecule has 2 rings (SSSR count). The van der Waals surface area contributed by atoms with Crippen molar-refractivity contribution >= 4 is 5.84 Å². The molecular formula is C11H21N3. The van der Waals surface area contributed by atoms with Gasteiger partial charge in [0.05, 0.1) is 12.4 Å². The average molecular weight is 195 g/mol. The van der Waals surface area contributed by atoms with Gasteiger partial charge in [-0.25, -0.2) is 0 Å². The first-order valence-electron chi connectivity index (χ1n) is 5.61. The monoisotopic (exact) mass is 195 g/mol. The van der Waals surface area contributed by atoms with Crippen molar-refractivity contribution in [1.29, 1.82) is 0 Å². The third-order valence-electron chi connectivity index (χ3n) is 3.78. The summed E-state index contributed by atoms with van der Waals surface area (Å²) in [4.78, 5) is 6.87. The van der Waals surface area contributed by atoms with Gasteiger partial charge in [0.25, 0.3) is 0 Å². The number of hydrogen-bond acceptors (Lipinski definition) is 2. The van der Waals surface area contributed by atoms with Crippen LogP contribution >= 0.6 is 0 Å². The SMILES string of the molecule is CN(C)C1(CN=C(N)C2CC2)CCC1. The fraction of sp³-hybridized carbons (Fsp3) is 0.909. The molecule has 2 aliphatic carbocycles. The van der Waals surface area contributed by atoms with Crippen molar-refractivity contribution in [1.82, 2.24) is 4.90 Å². The van der Waals surface area contributed by atoms with E-state index in [1.54, 1.807) is 0 Å². The predicted octanol–water partition coefficient (Wildman–Crippen LogP) is 1.24. The Hall–Kier alpha value is -0.570. The van der Waals surface area contributed by atoms with E-state index in [0.29, 0.717) is 11.5 Å². The molecule has 2 saturated carbocycles. The van der Waals surface area contributed by atoms with Crippen LogP contribution in [0.3, 0.4) is 0 Å². The summed E-state index contributed by atoms with van der Waals surface area (Å²) in [6.07, 6.45) is 6.41. The van der Waals surface area contributed by atoms with Gasteiger partial charge in [0.15, 0.2) is 0 Å². The van der Waals surface area contributed by atoms with E-state index in [9.17, 15) is 0 Å². The second kappa shape index (κ2) is 3.54. The van der Waals surface area contributed by atoms with E-state index in [1.165, 1.54) is 32.1 Å². The van der Waals surface area contributed by atoms with Crippen molar-refractivity contribution in [2.45, 2.75) is 37.6 Å². The highest BCUT2D eigenvalue weighted by Gasteiger charge is 2.39. The minimum atomic E-state index is 0.333. The molecule has 2 aliphatic rings. The standard InChI is InChI=1S/C11H21N3/c1-14(2)11(6-3-7-11)8-13-10(12)9-4-5-9/h9H,3-8H2,1-2H3,(H2,12,13). The zero-order chi connectivity index (χ0) is 10.2. The Bertz CT molecular complexity index is 237. The van der Waals surface area contributed by atoms with E-state index in [-0.39, 0.29) is 0 Å². The van der Waals surface area contributed by atoms with Gasteiger partial charge in [-0.3, -0.25) is 4.99 Å². The number of nitrogens with two attached hydrogens (primary N) is 1. The van der Waals surface area contributed by atoms with Crippen molar-refractivity contribution < 1.29 is 0 Å². The second-order valence-corrected chi connectivity index (χ2v) is 4.99. The minimum absolute atomic E-state index is 0.333. The summed E-state index contributed by atoms with van der Waals surface area (Å²) in [6.45, 7) is 0.905. The summed E-state index contributed by atoms with van der Waals surface area (Å²) in [5.74, 6) is 1.52. The van der Waals surface area contributed by atoms with Crippen molar-refractivity contribution in [3.8, 4) is 0 Å². The van der Waals surface area contributed by atoms with Gasteiger partial charge in [-0.05, 0) is 46.2 Å². The first-order chi connectivity index (χ1) is 6.64. The largest absolute Gasteiger partial charge is 0.387 e. The molecule has 14 heavy (non-hydrogen) atoms. The number of hydrogen-bond donors (Lipinski definition) is 1. The first kappa shape index (κ1) is 9.97. The van der Waals surface area contributed by atoms with Gasteiger partial charge in [-0.2, -0.15) is 0 Å². The van der Waals surface area contributed by atoms with Gasteiger partial charge in [0.1, 0.15) is 0 Å². The lowest BCUT2D eigenvalue weighted by Crippen LogP contribution is -2.52. The molecule has 2 fully saturated rings. The molecule has 80 valence electrons. The Labute approximate surface area is 86.4 Å². The molecule has 0 unspecified atom stereocenters. The maximum Gasteiger partial charge on any atom is 0.0969 e. The van der Waals surface area contributed by atoms with Gasteiger partial charge in [-0.15, -0.1) is 0 Å². The summed E-state index contributed by atoms with van der Waals surface area (Å²) >= 11 is 0. The zero-order valence-electron chi connectivity index (χ0n) is 9.29. The quantitative estimate of drug-likeness (QED) is 0.541. The third kappa shape index (κ3) is 1.78. The van der Waals surface area contributed by atoms with Crippen LogP contribution in [0.2, 0.25) is 0 Å². The minimum Gasteiger partial charge on any atom is -0.387 e. The second-order valence-electron chi connectivity index (χ2n) is 4.99. The maximum atomic E-state index is 5.90. The predicted molar refractivity (Wildman–Crippen MR) is 59.5 cm³/mol. The number of aliphatic imine (C=N–C) groups is 1. The van der Waals surface area contributed by atoms with E-state index >= 15 is 0 Å². The molecule has 2 N–H and O–H groups in total. The van der Waals surface area contributed by atoms with Crippen LogP contribution in [0.1, 0.15) is 32.1 Å². The van der Waals surface area contributed by atoms with Crippen molar-refractivity contribution in [2.75, 3.05) is 20.6 Å². The summed E-state index contributed by atoms with van der Waals surface area (Å²) in [5.41, 5.74) is 6.23. The lowest BCUT2D eigenvalue weighted by Gasteiger charge is -2.46. The maximum absolute atomic E-state index is 5.90. The number of rotatable bonds is 4. The Morgan fingerprint density at radius 3 is 2.43 bits per heavy atom. The normalized spacial score (nSPS) is 26.4. The lowest BCUT2D eigenvalue weighted by molar-refractivity contribution is 0.0699. The molecule has 0 amide bonds. The molecule has 0 aromatic carbocycles. The smallest absolute Gasteiger partial charge is 0.0969 e. The molecule has 0 heterocycles. The Morgan fingerprint density at radius 2 is 2.07 bits per heavy atom. The summed E-state index contributed by atoms with van der Waals surface area (Å²) in [7, 11) is 4.31. The highest BCUT2D eigenvalue weighted by Crippen LogP contribution is 2.37. The van der Waals surface area contributed by atoms with Crippen LogP contribution in [0.5, 0.6) is 0 Å². The van der Waals surface area contributed by atoms with Crippen LogP contribution in [0.15, 0.2) is 4.99 Å². The van der Waals surface area contributed by atoms with Crippen LogP contribution in [-0.4, -0.2) is 36.9 Å². The van der Waals surface area contributed by atoms with Gasteiger partial charge in [0, 0.05) is 11.5 Å². The first-order valence-corrected chi connectivity index (χ1v) is 5.61. The molecular weight excluding hydrogens is 174 g/mol. The zero-order valence-corrected chi connectivity index (χ0v) is 9.29. The molecule has 3 nitrogen and oxygen atoms in total. The highest BCUT2D eigenvalue weighted by molar-refractivity contribution is 5.84. The van der Waals surface area contributed by atoms with Crippen LogP contribution in [0.4, 0.5) is 0 Å². The van der Waals surface area contributed by atoms with E-state index in [0.717, 1.165) is 12.4 Å². The topological polar surface area (TPSA) is 41.6 Å². The molecule has 0 atom stereocenters. The number of likely N-dealkylation sites (N-methyl/N-ethyl adjacent to an activating group) is 1. The molecule has 0 saturated heterocycles. The van der Waals surface area contributed by atoms with Crippen LogP contribution < -0.4 is 5.73 Å². The van der Waals surface area contributed by atoms with Gasteiger partial charge in [0.2, 0.25) is 0 Å². The van der Waals surface area contributed by atoms with Gasteiger partial charge in [-0.1, -0.05) is 0 Å². The molecule has 0 aliphatic heterocycles. The van der Waals surface area contributed by atoms with Crippen LogP contribution in [-0.2, 0) is 0 Å². The fourth-order valence-corrected chi connectivity index (χ4v) is 2.08. The van der Waals surface area contributed by atoms with Crippen LogP contribution in [0, 0.1) is 5.92 Å². The van der Waals surface area contributed by atoms with Crippen LogP contribution in [0.25, 0.3) is 0 Å². The Balaban J connectivity index is 1.91.